The highest BCUT2D eigenvalue weighted by atomic mass is 28.3. The largest absolute Gasteiger partial charge is 0.497 e. The first-order valence-electron chi connectivity index (χ1n) is 25.4. The van der Waals surface area contributed by atoms with E-state index in [4.69, 9.17) is 38.1 Å². The van der Waals surface area contributed by atoms with Gasteiger partial charge in [0.1, 0.15) is 60.4 Å². The van der Waals surface area contributed by atoms with Crippen molar-refractivity contribution in [1.29, 1.82) is 0 Å². The number of pyridine rings is 1. The summed E-state index contributed by atoms with van der Waals surface area (Å²) in [6, 6.07) is 40.8. The molecule has 3 amide bonds. The van der Waals surface area contributed by atoms with Gasteiger partial charge in [-0.2, -0.15) is 0 Å². The first-order valence-corrected chi connectivity index (χ1v) is 29.2. The molecule has 16 nitrogen and oxygen atoms in total. The molecule has 1 saturated heterocycles. The van der Waals surface area contributed by atoms with E-state index < -0.39 is 62.2 Å². The molecule has 6 aromatic rings. The maximum Gasteiger partial charge on any atom is 0.412 e. The molecule has 0 bridgehead atoms. The molecule has 1 aliphatic rings. The van der Waals surface area contributed by atoms with Gasteiger partial charge in [-0.05, 0) is 67.8 Å². The molecule has 0 spiro atoms. The van der Waals surface area contributed by atoms with Crippen LogP contribution in [0.5, 0.6) is 17.2 Å². The SMILES string of the molecule is COc1ccc2c(O[C@@H]3C[C@@H](N(C=O)[C@@H](CCOc4cccc(C[C@H](NC(=O)OCc5ccccc5)C(=O)OCC[Si](C)(C)C)c4)C(=O)OCc4ccccc4)N(C(=O)OC(C)(C)C)C3)cc(-c3ccccc3)nc2c1. The highest BCUT2D eigenvalue weighted by Crippen LogP contribution is 2.36. The van der Waals surface area contributed by atoms with E-state index in [-0.39, 0.29) is 52.2 Å². The van der Waals surface area contributed by atoms with Crippen LogP contribution in [0.3, 0.4) is 0 Å². The number of methoxy groups -OCH3 is 1. The lowest BCUT2D eigenvalue weighted by atomic mass is 10.1. The minimum Gasteiger partial charge on any atom is -0.497 e. The van der Waals surface area contributed by atoms with Gasteiger partial charge in [0.25, 0.3) is 0 Å². The molecule has 0 saturated carbocycles. The van der Waals surface area contributed by atoms with E-state index in [1.807, 2.05) is 115 Å². The van der Waals surface area contributed by atoms with Crippen molar-refractivity contribution >= 4 is 49.5 Å². The first kappa shape index (κ1) is 55.8. The van der Waals surface area contributed by atoms with Crippen LogP contribution in [0.15, 0.2) is 140 Å². The van der Waals surface area contributed by atoms with Crippen LogP contribution in [-0.4, -0.2) is 110 Å². The molecule has 1 fully saturated rings. The van der Waals surface area contributed by atoms with Crippen molar-refractivity contribution in [2.24, 2.45) is 0 Å². The highest BCUT2D eigenvalue weighted by molar-refractivity contribution is 6.76. The Morgan fingerprint density at radius 2 is 1.42 bits per heavy atom. The minimum atomic E-state index is -1.54. The average molecular weight is 1050 g/mol. The number of nitrogens with zero attached hydrogens (tertiary/aromatic N) is 3. The van der Waals surface area contributed by atoms with Crippen LogP contribution in [0.25, 0.3) is 22.2 Å². The predicted octanol–water partition coefficient (Wildman–Crippen LogP) is 10.4. The molecule has 4 atom stereocenters. The van der Waals surface area contributed by atoms with Crippen molar-refractivity contribution in [3.8, 4) is 28.5 Å². The Balaban J connectivity index is 1.12. The van der Waals surface area contributed by atoms with Crippen molar-refractivity contribution in [2.75, 3.05) is 26.9 Å². The number of benzene rings is 5. The fourth-order valence-corrected chi connectivity index (χ4v) is 9.22. The maximum atomic E-state index is 14.4. The summed E-state index contributed by atoms with van der Waals surface area (Å²) < 4.78 is 41.6. The van der Waals surface area contributed by atoms with Crippen LogP contribution in [0.4, 0.5) is 9.59 Å². The van der Waals surface area contributed by atoms with E-state index in [1.54, 1.807) is 52.1 Å². The molecule has 7 rings (SSSR count). The number of rotatable bonds is 23. The van der Waals surface area contributed by atoms with Gasteiger partial charge in [-0.3, -0.25) is 9.69 Å². The summed E-state index contributed by atoms with van der Waals surface area (Å²) in [6.45, 7) is 11.9. The molecule has 0 unspecified atom stereocenters. The van der Waals surface area contributed by atoms with Gasteiger partial charge in [0.2, 0.25) is 6.41 Å². The Morgan fingerprint density at radius 1 is 0.763 bits per heavy atom. The van der Waals surface area contributed by atoms with E-state index in [9.17, 15) is 24.0 Å². The zero-order valence-corrected chi connectivity index (χ0v) is 45.3. The van der Waals surface area contributed by atoms with E-state index in [0.717, 1.165) is 22.7 Å². The summed E-state index contributed by atoms with van der Waals surface area (Å²) >= 11 is 0. The Hall–Kier alpha value is -7.92. The van der Waals surface area contributed by atoms with Crippen LogP contribution in [0.2, 0.25) is 25.7 Å². The Kier molecular flexibility index (Phi) is 19.1. The van der Waals surface area contributed by atoms with Crippen LogP contribution >= 0.6 is 0 Å². The minimum absolute atomic E-state index is 0.00605. The topological polar surface area (TPSA) is 181 Å². The maximum absolute atomic E-state index is 14.4. The number of nitrogens with one attached hydrogen (secondary N) is 1. The zero-order chi connectivity index (χ0) is 54.2. The molecular weight excluding hydrogens is 985 g/mol. The second kappa shape index (κ2) is 26.0. The van der Waals surface area contributed by atoms with Crippen LogP contribution in [0, 0.1) is 0 Å². The molecule has 0 radical (unpaired) electrons. The summed E-state index contributed by atoms with van der Waals surface area (Å²) in [7, 11) is 0.0456. The monoisotopic (exact) mass is 1050 g/mol. The number of hydrogen-bond donors (Lipinski definition) is 1. The van der Waals surface area contributed by atoms with E-state index in [1.165, 1.54) is 9.80 Å². The van der Waals surface area contributed by atoms with Gasteiger partial charge in [-0.1, -0.05) is 123 Å². The van der Waals surface area contributed by atoms with Crippen LogP contribution in [-0.2, 0) is 53.0 Å². The quantitative estimate of drug-likeness (QED) is 0.0277. The number of carbonyl (C=O) groups excluding carboxylic acids is 5. The van der Waals surface area contributed by atoms with Crippen molar-refractivity contribution in [2.45, 2.75) is 109 Å². The summed E-state index contributed by atoms with van der Waals surface area (Å²) in [5, 5.41) is 3.40. The molecule has 17 heteroatoms. The fourth-order valence-electron chi connectivity index (χ4n) is 8.51. The van der Waals surface area contributed by atoms with Crippen molar-refractivity contribution in [1.82, 2.24) is 20.1 Å². The van der Waals surface area contributed by atoms with Crippen LogP contribution < -0.4 is 19.5 Å². The Bertz CT molecular complexity index is 2900. The lowest BCUT2D eigenvalue weighted by Gasteiger charge is -2.37. The number of hydrogen-bond acceptors (Lipinski definition) is 13. The zero-order valence-electron chi connectivity index (χ0n) is 44.3. The van der Waals surface area contributed by atoms with Crippen molar-refractivity contribution in [3.63, 3.8) is 0 Å². The number of carbonyl (C=O) groups is 5. The molecule has 2 heterocycles. The summed E-state index contributed by atoms with van der Waals surface area (Å²) in [5.41, 5.74) is 3.41. The number of fused-ring (bicyclic) bond motifs is 1. The van der Waals surface area contributed by atoms with Gasteiger partial charge in [-0.25, -0.2) is 24.2 Å². The normalized spacial score (nSPS) is 15.2. The standard InChI is InChI=1S/C59H68N4O12Si/c1-59(2,3)75-58(68)62-37-47(74-53-36-49(44-23-15-10-16-24-44)60-50-34-45(69-4)26-27-48(50)53)35-54(62)63(40-64)52(56(66)72-38-41-18-11-8-12-19-41)28-29-70-46-25-17-22-43(32-46)33-51(55(65)71-30-31-76(5,6)7)61-57(67)73-39-42-20-13-9-14-21-42/h8-27,32,34,36,40,47,51-52,54H,28-31,33,35,37-39H2,1-7H3,(H,61,67)/t47-,51+,52+,54-/m1/s1. The van der Waals surface area contributed by atoms with Gasteiger partial charge >= 0.3 is 24.1 Å². The number of amides is 3. The van der Waals surface area contributed by atoms with Gasteiger partial charge in [0.05, 0.1) is 38.1 Å². The van der Waals surface area contributed by atoms with E-state index in [0.29, 0.717) is 45.8 Å². The third-order valence-electron chi connectivity index (χ3n) is 12.4. The van der Waals surface area contributed by atoms with Gasteiger partial charge in [0, 0.05) is 50.4 Å². The molecule has 400 valence electrons. The van der Waals surface area contributed by atoms with Gasteiger partial charge in [-0.15, -0.1) is 0 Å². The molecule has 76 heavy (non-hydrogen) atoms. The molecular formula is C59H68N4O12Si. The number of likely N-dealkylation sites (tertiary alicyclic amines) is 1. The second-order valence-corrected chi connectivity index (χ2v) is 26.4. The molecule has 5 aromatic carbocycles. The lowest BCUT2D eigenvalue weighted by Crippen LogP contribution is -2.54. The van der Waals surface area contributed by atoms with Crippen molar-refractivity contribution < 1.29 is 57.1 Å². The fraction of sp³-hybridized carbons (Fsp3) is 0.356. The van der Waals surface area contributed by atoms with Gasteiger partial charge < -0.3 is 43.4 Å². The Labute approximate surface area is 445 Å². The average Bonchev–Trinajstić information content (AvgIpc) is 3.83. The highest BCUT2D eigenvalue weighted by Gasteiger charge is 2.45. The third-order valence-corrected chi connectivity index (χ3v) is 14.1. The number of ether oxygens (including phenoxy) is 7. The molecule has 1 N–H and O–H groups in total. The molecule has 1 aliphatic heterocycles. The third kappa shape index (κ3) is 16.3. The van der Waals surface area contributed by atoms with Crippen LogP contribution in [0.1, 0.15) is 50.3 Å². The summed E-state index contributed by atoms with van der Waals surface area (Å²) in [6.07, 6.45) is -2.54. The molecule has 1 aromatic heterocycles. The first-order chi connectivity index (χ1) is 36.4. The summed E-state index contributed by atoms with van der Waals surface area (Å²) in [4.78, 5) is 76.4. The lowest BCUT2D eigenvalue weighted by molar-refractivity contribution is -0.157. The number of esters is 2. The predicted molar refractivity (Wildman–Crippen MR) is 290 cm³/mol. The molecule has 0 aliphatic carbocycles. The summed E-state index contributed by atoms with van der Waals surface area (Å²) in [5.74, 6) is 0.188. The van der Waals surface area contributed by atoms with E-state index in [2.05, 4.69) is 25.0 Å². The van der Waals surface area contributed by atoms with Crippen molar-refractivity contribution in [3.05, 3.63) is 156 Å². The number of aromatic nitrogens is 1. The smallest absolute Gasteiger partial charge is 0.412 e. The van der Waals surface area contributed by atoms with E-state index >= 15 is 0 Å². The second-order valence-electron chi connectivity index (χ2n) is 20.7. The van der Waals surface area contributed by atoms with Gasteiger partial charge in [0.15, 0.2) is 0 Å². The number of alkyl carbamates (subject to hydrolysis) is 1. The Morgan fingerprint density at radius 3 is 2.07 bits per heavy atom.